The van der Waals surface area contributed by atoms with Crippen LogP contribution in [0.2, 0.25) is 0 Å². The Morgan fingerprint density at radius 2 is 2.00 bits per heavy atom. The fourth-order valence-electron chi connectivity index (χ4n) is 1.52. The summed E-state index contributed by atoms with van der Waals surface area (Å²) in [6, 6.07) is 7.29. The van der Waals surface area contributed by atoms with Gasteiger partial charge in [-0.05, 0) is 19.1 Å². The number of rotatable bonds is 2. The Hall–Kier alpha value is -1.62. The molecule has 1 aromatic carbocycles. The number of hydrogen-bond donors (Lipinski definition) is 0. The number of hydrogen-bond acceptors (Lipinski definition) is 3. The molecule has 0 radical (unpaired) electrons. The maximum atomic E-state index is 11.9. The van der Waals surface area contributed by atoms with E-state index < -0.39 is 9.84 Å². The van der Waals surface area contributed by atoms with Gasteiger partial charge in [-0.15, -0.1) is 0 Å². The number of fused-ring (bicyclic) bond motifs is 1. The minimum Gasteiger partial charge on any atom is -0.318 e. The van der Waals surface area contributed by atoms with Crippen LogP contribution in [0.15, 0.2) is 40.9 Å². The van der Waals surface area contributed by atoms with Crippen LogP contribution in [-0.4, -0.2) is 18.0 Å². The van der Waals surface area contributed by atoms with Crippen LogP contribution in [0, 0.1) is 0 Å². The lowest BCUT2D eigenvalue weighted by Gasteiger charge is -2.02. The van der Waals surface area contributed by atoms with Gasteiger partial charge in [0.05, 0.1) is 11.0 Å². The zero-order valence-corrected chi connectivity index (χ0v) is 9.95. The highest BCUT2D eigenvalue weighted by Gasteiger charge is 2.22. The summed E-state index contributed by atoms with van der Waals surface area (Å²) in [6.45, 7) is 4.94. The lowest BCUT2D eigenvalue weighted by molar-refractivity contribution is 0.587. The molecule has 0 fully saturated rings. The molecule has 0 aliphatic carbocycles. The van der Waals surface area contributed by atoms with E-state index in [1.165, 1.54) is 6.92 Å². The van der Waals surface area contributed by atoms with E-state index in [0.29, 0.717) is 5.52 Å². The van der Waals surface area contributed by atoms with Crippen LogP contribution in [0.4, 0.5) is 0 Å². The average Bonchev–Trinajstić information content (AvgIpc) is 2.57. The summed E-state index contributed by atoms with van der Waals surface area (Å²) < 4.78 is 25.4. The molecule has 4 nitrogen and oxygen atoms in total. The smallest absolute Gasteiger partial charge is 0.235 e. The van der Waals surface area contributed by atoms with Crippen LogP contribution in [0.3, 0.4) is 0 Å². The van der Waals surface area contributed by atoms with Gasteiger partial charge in [-0.25, -0.2) is 13.4 Å². The Kier molecular flexibility index (Phi) is 2.35. The van der Waals surface area contributed by atoms with Crippen LogP contribution in [0.5, 0.6) is 0 Å². The summed E-state index contributed by atoms with van der Waals surface area (Å²) in [4.78, 5) is 4.22. The predicted octanol–water partition coefficient (Wildman–Crippen LogP) is 1.88. The van der Waals surface area contributed by atoms with Crippen molar-refractivity contribution in [3.8, 4) is 0 Å². The molecular weight excluding hydrogens is 224 g/mol. The van der Waals surface area contributed by atoms with Crippen molar-refractivity contribution in [2.24, 2.45) is 7.05 Å². The van der Waals surface area contributed by atoms with Crippen molar-refractivity contribution >= 4 is 20.9 Å². The topological polar surface area (TPSA) is 52.0 Å². The van der Waals surface area contributed by atoms with Gasteiger partial charge >= 0.3 is 0 Å². The number of imidazole rings is 1. The van der Waals surface area contributed by atoms with Crippen molar-refractivity contribution in [2.45, 2.75) is 12.1 Å². The molecule has 0 amide bonds. The van der Waals surface area contributed by atoms with Gasteiger partial charge in [-0.1, -0.05) is 18.7 Å². The zero-order chi connectivity index (χ0) is 11.9. The average molecular weight is 236 g/mol. The van der Waals surface area contributed by atoms with Gasteiger partial charge < -0.3 is 4.57 Å². The molecule has 1 heterocycles. The lowest BCUT2D eigenvalue weighted by atomic mass is 10.3. The highest BCUT2D eigenvalue weighted by Crippen LogP contribution is 2.21. The SMILES string of the molecule is C=C(C)S(=O)(=O)c1nc2ccccc2n1C. The molecule has 0 aliphatic heterocycles. The fourth-order valence-corrected chi connectivity index (χ4v) is 2.51. The van der Waals surface area contributed by atoms with Gasteiger partial charge in [0.2, 0.25) is 15.0 Å². The molecule has 1 aromatic heterocycles. The monoisotopic (exact) mass is 236 g/mol. The van der Waals surface area contributed by atoms with E-state index in [4.69, 9.17) is 0 Å². The molecule has 84 valence electrons. The fraction of sp³-hybridized carbons (Fsp3) is 0.182. The predicted molar refractivity (Wildman–Crippen MR) is 62.7 cm³/mol. The second-order valence-electron chi connectivity index (χ2n) is 3.65. The second kappa shape index (κ2) is 3.45. The van der Waals surface area contributed by atoms with Crippen LogP contribution in [0.25, 0.3) is 11.0 Å². The summed E-state index contributed by atoms with van der Waals surface area (Å²) in [6.07, 6.45) is 0. The molecule has 0 spiro atoms. The van der Waals surface area contributed by atoms with E-state index in [2.05, 4.69) is 11.6 Å². The molecule has 16 heavy (non-hydrogen) atoms. The number of aromatic nitrogens is 2. The Bertz CT molecular complexity index is 668. The number of para-hydroxylation sites is 2. The molecule has 0 unspecified atom stereocenters. The zero-order valence-electron chi connectivity index (χ0n) is 9.14. The van der Waals surface area contributed by atoms with Gasteiger partial charge in [0, 0.05) is 12.0 Å². The van der Waals surface area contributed by atoms with Crippen LogP contribution >= 0.6 is 0 Å². The van der Waals surface area contributed by atoms with Gasteiger partial charge in [0.15, 0.2) is 0 Å². The molecule has 5 heteroatoms. The summed E-state index contributed by atoms with van der Waals surface area (Å²) in [7, 11) is -1.83. The van der Waals surface area contributed by atoms with Crippen molar-refractivity contribution in [3.63, 3.8) is 0 Å². The second-order valence-corrected chi connectivity index (χ2v) is 5.72. The Balaban J connectivity index is 2.82. The van der Waals surface area contributed by atoms with E-state index in [1.54, 1.807) is 17.7 Å². The number of aryl methyl sites for hydroxylation is 1. The molecule has 2 rings (SSSR count). The summed E-state index contributed by atoms with van der Waals surface area (Å²) in [5.41, 5.74) is 1.46. The third-order valence-corrected chi connectivity index (χ3v) is 4.21. The Morgan fingerprint density at radius 1 is 1.38 bits per heavy atom. The summed E-state index contributed by atoms with van der Waals surface area (Å²) in [5.74, 6) is 0. The van der Waals surface area contributed by atoms with E-state index in [-0.39, 0.29) is 10.1 Å². The highest BCUT2D eigenvalue weighted by molar-refractivity contribution is 7.95. The van der Waals surface area contributed by atoms with Crippen LogP contribution < -0.4 is 0 Å². The number of benzene rings is 1. The third kappa shape index (κ3) is 1.44. The minimum absolute atomic E-state index is 0.0428. The Labute approximate surface area is 94.1 Å². The molecule has 0 atom stereocenters. The van der Waals surface area contributed by atoms with Crippen molar-refractivity contribution in [2.75, 3.05) is 0 Å². The lowest BCUT2D eigenvalue weighted by Crippen LogP contribution is -2.08. The molecule has 0 N–H and O–H groups in total. The standard InChI is InChI=1S/C11H12N2O2S/c1-8(2)16(14,15)11-12-9-6-4-5-7-10(9)13(11)3/h4-7H,1H2,2-3H3. The van der Waals surface area contributed by atoms with Crippen molar-refractivity contribution in [3.05, 3.63) is 35.7 Å². The van der Waals surface area contributed by atoms with E-state index >= 15 is 0 Å². The quantitative estimate of drug-likeness (QED) is 0.800. The van der Waals surface area contributed by atoms with Gasteiger partial charge in [-0.2, -0.15) is 0 Å². The molecule has 2 aromatic rings. The first-order valence-corrected chi connectivity index (χ1v) is 6.25. The first kappa shape index (κ1) is 10.9. The van der Waals surface area contributed by atoms with E-state index in [1.807, 2.05) is 18.2 Å². The molecule has 0 saturated carbocycles. The molecule has 0 bridgehead atoms. The normalized spacial score (nSPS) is 11.9. The number of allylic oxidation sites excluding steroid dienone is 1. The number of nitrogens with zero attached hydrogens (tertiary/aromatic N) is 2. The van der Waals surface area contributed by atoms with Gasteiger partial charge in [0.25, 0.3) is 0 Å². The summed E-state index contributed by atoms with van der Waals surface area (Å²) in [5, 5.41) is 0.0428. The summed E-state index contributed by atoms with van der Waals surface area (Å²) >= 11 is 0. The van der Waals surface area contributed by atoms with Crippen LogP contribution in [-0.2, 0) is 16.9 Å². The maximum Gasteiger partial charge on any atom is 0.235 e. The van der Waals surface area contributed by atoms with Gasteiger partial charge in [0.1, 0.15) is 0 Å². The van der Waals surface area contributed by atoms with Gasteiger partial charge in [-0.3, -0.25) is 0 Å². The minimum atomic E-state index is -3.51. The first-order valence-electron chi connectivity index (χ1n) is 4.76. The van der Waals surface area contributed by atoms with Crippen molar-refractivity contribution in [1.29, 1.82) is 0 Å². The number of sulfone groups is 1. The van der Waals surface area contributed by atoms with Crippen LogP contribution in [0.1, 0.15) is 6.92 Å². The van der Waals surface area contributed by atoms with Crippen molar-refractivity contribution < 1.29 is 8.42 Å². The van der Waals surface area contributed by atoms with E-state index in [0.717, 1.165) is 5.52 Å². The first-order chi connectivity index (χ1) is 7.44. The molecule has 0 aliphatic rings. The van der Waals surface area contributed by atoms with Crippen molar-refractivity contribution in [1.82, 2.24) is 9.55 Å². The molecule has 0 saturated heterocycles. The Morgan fingerprint density at radius 3 is 2.56 bits per heavy atom. The highest BCUT2D eigenvalue weighted by atomic mass is 32.2. The molecular formula is C11H12N2O2S. The largest absolute Gasteiger partial charge is 0.318 e. The third-order valence-electron chi connectivity index (χ3n) is 2.45. The van der Waals surface area contributed by atoms with E-state index in [9.17, 15) is 8.42 Å². The maximum absolute atomic E-state index is 11.9.